The van der Waals surface area contributed by atoms with Crippen LogP contribution in [0, 0.1) is 6.92 Å². The molecular formula is C16H16BrNO3. The van der Waals surface area contributed by atoms with E-state index in [4.69, 9.17) is 8.83 Å². The minimum Gasteiger partial charge on any atom is -0.465 e. The van der Waals surface area contributed by atoms with E-state index in [1.165, 1.54) is 0 Å². The Morgan fingerprint density at radius 3 is 2.71 bits per heavy atom. The number of alkyl halides is 1. The van der Waals surface area contributed by atoms with Gasteiger partial charge in [-0.25, -0.2) is 4.79 Å². The van der Waals surface area contributed by atoms with Crippen LogP contribution in [0.5, 0.6) is 0 Å². The number of nitrogens with zero attached hydrogens (tertiary/aromatic N) is 1. The van der Waals surface area contributed by atoms with Gasteiger partial charge in [0.2, 0.25) is 0 Å². The zero-order chi connectivity index (χ0) is 15.0. The number of aryl methyl sites for hydroxylation is 2. The molecule has 1 unspecified atom stereocenters. The second-order valence-corrected chi connectivity index (χ2v) is 5.97. The quantitative estimate of drug-likeness (QED) is 0.656. The third kappa shape index (κ3) is 2.58. The fourth-order valence-corrected chi connectivity index (χ4v) is 2.96. The molecule has 0 bridgehead atoms. The van der Waals surface area contributed by atoms with Gasteiger partial charge in [-0.2, -0.15) is 0 Å². The van der Waals surface area contributed by atoms with Crippen LogP contribution in [-0.4, -0.2) is 4.57 Å². The topological polar surface area (TPSA) is 48.3 Å². The molecule has 21 heavy (non-hydrogen) atoms. The Bertz CT molecular complexity index is 828. The summed E-state index contributed by atoms with van der Waals surface area (Å²) >= 11 is 3.63. The van der Waals surface area contributed by atoms with Gasteiger partial charge in [0, 0.05) is 6.54 Å². The lowest BCUT2D eigenvalue weighted by Gasteiger charge is -2.07. The number of furan rings is 1. The molecule has 0 N–H and O–H groups in total. The summed E-state index contributed by atoms with van der Waals surface area (Å²) < 4.78 is 12.6. The minimum absolute atomic E-state index is 0.0598. The van der Waals surface area contributed by atoms with Crippen molar-refractivity contribution in [3.63, 3.8) is 0 Å². The van der Waals surface area contributed by atoms with Gasteiger partial charge in [-0.1, -0.05) is 28.9 Å². The number of hydrogen-bond acceptors (Lipinski definition) is 3. The van der Waals surface area contributed by atoms with E-state index in [1.54, 1.807) is 4.57 Å². The van der Waals surface area contributed by atoms with Crippen molar-refractivity contribution in [3.8, 4) is 0 Å². The number of aromatic nitrogens is 1. The van der Waals surface area contributed by atoms with Gasteiger partial charge in [0.1, 0.15) is 11.5 Å². The van der Waals surface area contributed by atoms with Gasteiger partial charge in [0.05, 0.1) is 10.3 Å². The number of fused-ring (bicyclic) bond motifs is 1. The first-order valence-corrected chi connectivity index (χ1v) is 7.85. The van der Waals surface area contributed by atoms with Crippen LogP contribution in [-0.2, 0) is 6.54 Å². The van der Waals surface area contributed by atoms with Crippen molar-refractivity contribution < 1.29 is 8.83 Å². The number of rotatable bonds is 4. The maximum atomic E-state index is 11.8. The molecule has 3 aromatic rings. The molecule has 0 spiro atoms. The van der Waals surface area contributed by atoms with Crippen LogP contribution in [0.1, 0.15) is 35.3 Å². The highest BCUT2D eigenvalue weighted by Gasteiger charge is 2.16. The van der Waals surface area contributed by atoms with E-state index >= 15 is 0 Å². The van der Waals surface area contributed by atoms with Crippen molar-refractivity contribution in [3.05, 3.63) is 58.0 Å². The van der Waals surface area contributed by atoms with Crippen LogP contribution in [0.25, 0.3) is 11.1 Å². The standard InChI is InChI=1S/C16H16BrNO3/c1-3-8-18-12-6-5-11(9-14(12)21-16(18)19)15(17)13-7-4-10(2)20-13/h4-7,9,15H,3,8H2,1-2H3. The van der Waals surface area contributed by atoms with Gasteiger partial charge in [-0.3, -0.25) is 4.57 Å². The second kappa shape index (κ2) is 5.56. The van der Waals surface area contributed by atoms with Crippen LogP contribution >= 0.6 is 15.9 Å². The molecule has 4 nitrogen and oxygen atoms in total. The first kappa shape index (κ1) is 14.2. The van der Waals surface area contributed by atoms with Crippen LogP contribution in [0.3, 0.4) is 0 Å². The van der Waals surface area contributed by atoms with Crippen LogP contribution in [0.15, 0.2) is 44.0 Å². The van der Waals surface area contributed by atoms with E-state index in [2.05, 4.69) is 15.9 Å². The molecule has 2 heterocycles. The van der Waals surface area contributed by atoms with Crippen LogP contribution < -0.4 is 5.76 Å². The summed E-state index contributed by atoms with van der Waals surface area (Å²) in [4.78, 5) is 11.8. The van der Waals surface area contributed by atoms with Crippen molar-refractivity contribution in [2.75, 3.05) is 0 Å². The molecule has 0 amide bonds. The Balaban J connectivity index is 2.03. The average Bonchev–Trinajstić information content (AvgIpc) is 3.02. The second-order valence-electron chi connectivity index (χ2n) is 5.06. The smallest absolute Gasteiger partial charge is 0.419 e. The van der Waals surface area contributed by atoms with E-state index < -0.39 is 0 Å². The predicted octanol–water partition coefficient (Wildman–Crippen LogP) is 4.39. The monoisotopic (exact) mass is 349 g/mol. The molecule has 0 fully saturated rings. The van der Waals surface area contributed by atoms with Gasteiger partial charge >= 0.3 is 5.76 Å². The molecule has 1 atom stereocenters. The molecule has 0 aliphatic rings. The predicted molar refractivity (Wildman–Crippen MR) is 85.0 cm³/mol. The van der Waals surface area contributed by atoms with E-state index in [1.807, 2.05) is 44.2 Å². The summed E-state index contributed by atoms with van der Waals surface area (Å²) in [7, 11) is 0. The molecule has 5 heteroatoms. The summed E-state index contributed by atoms with van der Waals surface area (Å²) in [5, 5.41) is 0. The van der Waals surface area contributed by atoms with Gasteiger partial charge in [-0.05, 0) is 43.2 Å². The van der Waals surface area contributed by atoms with Gasteiger partial charge in [-0.15, -0.1) is 0 Å². The molecule has 110 valence electrons. The number of benzene rings is 1. The molecule has 0 saturated heterocycles. The van der Waals surface area contributed by atoms with E-state index in [0.29, 0.717) is 12.1 Å². The zero-order valence-electron chi connectivity index (χ0n) is 11.9. The van der Waals surface area contributed by atoms with Gasteiger partial charge in [0.25, 0.3) is 0 Å². The maximum Gasteiger partial charge on any atom is 0.419 e. The van der Waals surface area contributed by atoms with E-state index in [9.17, 15) is 4.79 Å². The lowest BCUT2D eigenvalue weighted by molar-refractivity contribution is 0.491. The van der Waals surface area contributed by atoms with Crippen molar-refractivity contribution in [1.82, 2.24) is 4.57 Å². The highest BCUT2D eigenvalue weighted by molar-refractivity contribution is 9.09. The third-order valence-corrected chi connectivity index (χ3v) is 4.42. The molecule has 1 aromatic carbocycles. The lowest BCUT2D eigenvalue weighted by Crippen LogP contribution is -2.13. The Kier molecular flexibility index (Phi) is 3.76. The average molecular weight is 350 g/mol. The first-order chi connectivity index (χ1) is 10.1. The van der Waals surface area contributed by atoms with Crippen molar-refractivity contribution in [2.45, 2.75) is 31.6 Å². The Morgan fingerprint density at radius 1 is 1.24 bits per heavy atom. The molecule has 3 rings (SSSR count). The van der Waals surface area contributed by atoms with Gasteiger partial charge < -0.3 is 8.83 Å². The van der Waals surface area contributed by atoms with Crippen molar-refractivity contribution in [1.29, 1.82) is 0 Å². The molecular weight excluding hydrogens is 334 g/mol. The largest absolute Gasteiger partial charge is 0.465 e. The Morgan fingerprint density at radius 2 is 2.05 bits per heavy atom. The number of hydrogen-bond donors (Lipinski definition) is 0. The maximum absolute atomic E-state index is 11.8. The summed E-state index contributed by atoms with van der Waals surface area (Å²) in [5.41, 5.74) is 2.44. The molecule has 0 radical (unpaired) electrons. The first-order valence-electron chi connectivity index (χ1n) is 6.94. The number of oxazole rings is 1. The minimum atomic E-state index is -0.302. The van der Waals surface area contributed by atoms with Crippen LogP contribution in [0.4, 0.5) is 0 Å². The SMILES string of the molecule is CCCn1c(=O)oc2cc(C(Br)c3ccc(C)o3)ccc21. The lowest BCUT2D eigenvalue weighted by atomic mass is 10.1. The highest BCUT2D eigenvalue weighted by atomic mass is 79.9. The Labute approximate surface area is 130 Å². The number of halogens is 1. The molecule has 0 saturated carbocycles. The fraction of sp³-hybridized carbons (Fsp3) is 0.312. The fourth-order valence-electron chi connectivity index (χ4n) is 2.43. The third-order valence-electron chi connectivity index (χ3n) is 3.44. The van der Waals surface area contributed by atoms with Crippen LogP contribution in [0.2, 0.25) is 0 Å². The van der Waals surface area contributed by atoms with Crippen molar-refractivity contribution >= 4 is 27.0 Å². The summed E-state index contributed by atoms with van der Waals surface area (Å²) in [6.45, 7) is 4.62. The van der Waals surface area contributed by atoms with E-state index in [0.717, 1.165) is 29.0 Å². The molecule has 0 aliphatic carbocycles. The summed E-state index contributed by atoms with van der Waals surface area (Å²) in [6, 6.07) is 9.67. The normalized spacial score (nSPS) is 12.9. The van der Waals surface area contributed by atoms with Gasteiger partial charge in [0.15, 0.2) is 5.58 Å². The molecule has 2 aromatic heterocycles. The summed E-state index contributed by atoms with van der Waals surface area (Å²) in [6.07, 6.45) is 0.892. The van der Waals surface area contributed by atoms with Crippen molar-refractivity contribution in [2.24, 2.45) is 0 Å². The highest BCUT2D eigenvalue weighted by Crippen LogP contribution is 2.33. The zero-order valence-corrected chi connectivity index (χ0v) is 13.5. The Hall–Kier alpha value is -1.75. The van der Waals surface area contributed by atoms with E-state index in [-0.39, 0.29) is 10.6 Å². The summed E-state index contributed by atoms with van der Waals surface area (Å²) in [5.74, 6) is 1.40. The molecule has 0 aliphatic heterocycles.